The Labute approximate surface area is 213 Å². The minimum absolute atomic E-state index is 0.317. The second-order valence-corrected chi connectivity index (χ2v) is 8.40. The fourth-order valence-corrected chi connectivity index (χ4v) is 3.39. The van der Waals surface area contributed by atoms with Gasteiger partial charge in [-0.2, -0.15) is 5.10 Å². The van der Waals surface area contributed by atoms with E-state index in [1.807, 2.05) is 37.3 Å². The minimum Gasteiger partial charge on any atom is -0.490 e. The molecular weight excluding hydrogens is 499 g/mol. The van der Waals surface area contributed by atoms with E-state index in [4.69, 9.17) is 49.0 Å². The Morgan fingerprint density at radius 1 is 0.941 bits per heavy atom. The van der Waals surface area contributed by atoms with E-state index in [1.54, 1.807) is 37.3 Å². The van der Waals surface area contributed by atoms with Crippen molar-refractivity contribution in [2.24, 2.45) is 5.10 Å². The number of nitrogens with zero attached hydrogens (tertiary/aromatic N) is 1. The van der Waals surface area contributed by atoms with E-state index in [-0.39, 0.29) is 0 Å². The Balaban J connectivity index is 1.59. The lowest BCUT2D eigenvalue weighted by atomic mass is 10.2. The monoisotopic (exact) mass is 520 g/mol. The number of hydrazone groups is 1. The van der Waals surface area contributed by atoms with E-state index in [2.05, 4.69) is 10.5 Å². The van der Waals surface area contributed by atoms with Gasteiger partial charge in [-0.05, 0) is 73.5 Å². The summed E-state index contributed by atoms with van der Waals surface area (Å²) in [7, 11) is 0. The van der Waals surface area contributed by atoms with Crippen LogP contribution < -0.4 is 19.6 Å². The summed E-state index contributed by atoms with van der Waals surface area (Å²) >= 11 is 17.9. The number of ether oxygens (including phenoxy) is 3. The highest BCUT2D eigenvalue weighted by atomic mass is 35.5. The zero-order valence-electron chi connectivity index (χ0n) is 18.6. The minimum atomic E-state index is -0.821. The van der Waals surface area contributed by atoms with Crippen LogP contribution in [0.5, 0.6) is 17.2 Å². The zero-order chi connectivity index (χ0) is 24.5. The molecular formula is C25H23Cl3N2O4. The summed E-state index contributed by atoms with van der Waals surface area (Å²) in [5, 5.41) is 5.47. The molecule has 0 aliphatic rings. The summed E-state index contributed by atoms with van der Waals surface area (Å²) in [6.45, 7) is 4.32. The van der Waals surface area contributed by atoms with Crippen molar-refractivity contribution in [1.29, 1.82) is 0 Å². The molecule has 0 aliphatic carbocycles. The van der Waals surface area contributed by atoms with Gasteiger partial charge in [-0.25, -0.2) is 5.43 Å². The van der Waals surface area contributed by atoms with Crippen LogP contribution in [0.4, 0.5) is 0 Å². The van der Waals surface area contributed by atoms with Crippen LogP contribution >= 0.6 is 34.8 Å². The summed E-state index contributed by atoms with van der Waals surface area (Å²) in [6, 6.07) is 17.6. The Morgan fingerprint density at radius 3 is 2.35 bits per heavy atom. The van der Waals surface area contributed by atoms with Gasteiger partial charge >= 0.3 is 0 Å². The molecule has 1 amide bonds. The Bertz CT molecular complexity index is 1150. The molecule has 1 N–H and O–H groups in total. The second-order valence-electron chi connectivity index (χ2n) is 7.12. The molecule has 0 bridgehead atoms. The molecule has 0 aliphatic heterocycles. The van der Waals surface area contributed by atoms with Crippen LogP contribution in [0.2, 0.25) is 15.1 Å². The average Bonchev–Trinajstić information content (AvgIpc) is 2.81. The van der Waals surface area contributed by atoms with E-state index in [0.29, 0.717) is 45.5 Å². The van der Waals surface area contributed by atoms with Gasteiger partial charge in [-0.1, -0.05) is 46.9 Å². The first-order valence-electron chi connectivity index (χ1n) is 10.4. The average molecular weight is 522 g/mol. The molecule has 9 heteroatoms. The highest BCUT2D eigenvalue weighted by molar-refractivity contribution is 6.35. The summed E-state index contributed by atoms with van der Waals surface area (Å²) in [5.41, 5.74) is 4.15. The molecule has 0 aromatic heterocycles. The normalized spacial score (nSPS) is 11.8. The van der Waals surface area contributed by atoms with Crippen molar-refractivity contribution in [2.75, 3.05) is 6.61 Å². The predicted octanol–water partition coefficient (Wildman–Crippen LogP) is 6.54. The molecule has 3 rings (SSSR count). The number of hydrogen-bond donors (Lipinski definition) is 1. The molecule has 1 atom stereocenters. The van der Waals surface area contributed by atoms with Gasteiger partial charge in [-0.15, -0.1) is 0 Å². The van der Waals surface area contributed by atoms with Crippen LogP contribution in [0.3, 0.4) is 0 Å². The number of carbonyl (C=O) groups excluding carboxylic acids is 1. The molecule has 3 aromatic carbocycles. The first kappa shape index (κ1) is 25.7. The topological polar surface area (TPSA) is 69.2 Å². The number of halogens is 3. The second kappa shape index (κ2) is 12.5. The van der Waals surface area contributed by atoms with E-state index in [1.165, 1.54) is 6.21 Å². The van der Waals surface area contributed by atoms with Crippen molar-refractivity contribution in [3.8, 4) is 17.2 Å². The van der Waals surface area contributed by atoms with Gasteiger partial charge < -0.3 is 14.2 Å². The van der Waals surface area contributed by atoms with E-state index in [0.717, 1.165) is 11.1 Å². The number of benzene rings is 3. The summed E-state index contributed by atoms with van der Waals surface area (Å²) in [4.78, 5) is 12.3. The van der Waals surface area contributed by atoms with Gasteiger partial charge in [0.05, 0.1) is 17.8 Å². The summed E-state index contributed by atoms with van der Waals surface area (Å²) in [5.74, 6) is 1.09. The highest BCUT2D eigenvalue weighted by Crippen LogP contribution is 2.29. The lowest BCUT2D eigenvalue weighted by Crippen LogP contribution is -2.33. The van der Waals surface area contributed by atoms with Crippen molar-refractivity contribution in [3.63, 3.8) is 0 Å². The van der Waals surface area contributed by atoms with E-state index in [9.17, 15) is 4.79 Å². The SMILES string of the molecule is CCOc1cc(/C=N\NC(=O)[C@@H](C)Oc2ccc(Cl)cc2Cl)ccc1OCc1ccc(Cl)cc1. The first-order valence-corrected chi connectivity index (χ1v) is 11.6. The standard InChI is InChI=1S/C25H23Cl3N2O4/c1-3-32-24-12-18(6-10-23(24)33-15-17-4-7-19(26)8-5-17)14-29-30-25(31)16(2)34-22-11-9-20(27)13-21(22)28/h4-14,16H,3,15H2,1-2H3,(H,30,31)/b29-14-/t16-/m1/s1. The van der Waals surface area contributed by atoms with Gasteiger partial charge in [-0.3, -0.25) is 4.79 Å². The van der Waals surface area contributed by atoms with Crippen LogP contribution in [0.25, 0.3) is 0 Å². The quantitative estimate of drug-likeness (QED) is 0.243. The number of rotatable bonds is 10. The van der Waals surface area contributed by atoms with Gasteiger partial charge in [0, 0.05) is 10.0 Å². The molecule has 0 unspecified atom stereocenters. The Kier molecular flexibility index (Phi) is 9.45. The zero-order valence-corrected chi connectivity index (χ0v) is 20.8. The fraction of sp³-hybridized carbons (Fsp3) is 0.200. The molecule has 0 radical (unpaired) electrons. The fourth-order valence-electron chi connectivity index (χ4n) is 2.81. The molecule has 34 heavy (non-hydrogen) atoms. The maximum absolute atomic E-state index is 12.3. The molecule has 0 saturated heterocycles. The van der Waals surface area contributed by atoms with Crippen LogP contribution in [0, 0.1) is 0 Å². The van der Waals surface area contributed by atoms with E-state index >= 15 is 0 Å². The third-order valence-corrected chi connectivity index (χ3v) is 5.31. The number of amides is 1. The van der Waals surface area contributed by atoms with Gasteiger partial charge in [0.25, 0.3) is 5.91 Å². The smallest absolute Gasteiger partial charge is 0.280 e. The van der Waals surface area contributed by atoms with Crippen LogP contribution in [-0.4, -0.2) is 24.8 Å². The van der Waals surface area contributed by atoms with Crippen molar-refractivity contribution in [2.45, 2.75) is 26.6 Å². The van der Waals surface area contributed by atoms with Gasteiger partial charge in [0.2, 0.25) is 0 Å². The molecule has 178 valence electrons. The summed E-state index contributed by atoms with van der Waals surface area (Å²) < 4.78 is 17.2. The van der Waals surface area contributed by atoms with Gasteiger partial charge in [0.1, 0.15) is 12.4 Å². The number of carbonyl (C=O) groups is 1. The Hall–Kier alpha value is -2.93. The molecule has 0 fully saturated rings. The molecule has 0 spiro atoms. The Morgan fingerprint density at radius 2 is 1.65 bits per heavy atom. The van der Waals surface area contributed by atoms with Crippen LogP contribution in [0.1, 0.15) is 25.0 Å². The highest BCUT2D eigenvalue weighted by Gasteiger charge is 2.16. The largest absolute Gasteiger partial charge is 0.490 e. The van der Waals surface area contributed by atoms with Crippen molar-refractivity contribution < 1.29 is 19.0 Å². The number of nitrogens with one attached hydrogen (secondary N) is 1. The van der Waals surface area contributed by atoms with Crippen molar-refractivity contribution in [3.05, 3.63) is 86.9 Å². The third kappa shape index (κ3) is 7.55. The maximum atomic E-state index is 12.3. The number of hydrogen-bond acceptors (Lipinski definition) is 5. The molecule has 6 nitrogen and oxygen atoms in total. The van der Waals surface area contributed by atoms with Crippen molar-refractivity contribution in [1.82, 2.24) is 5.43 Å². The van der Waals surface area contributed by atoms with Crippen LogP contribution in [0.15, 0.2) is 65.8 Å². The van der Waals surface area contributed by atoms with E-state index < -0.39 is 12.0 Å². The molecule has 3 aromatic rings. The summed E-state index contributed by atoms with van der Waals surface area (Å²) in [6.07, 6.45) is 0.684. The predicted molar refractivity (Wildman–Crippen MR) is 136 cm³/mol. The molecule has 0 saturated carbocycles. The lowest BCUT2D eigenvalue weighted by Gasteiger charge is -2.14. The third-order valence-electron chi connectivity index (χ3n) is 4.53. The van der Waals surface area contributed by atoms with Gasteiger partial charge in [0.15, 0.2) is 17.6 Å². The van der Waals surface area contributed by atoms with Crippen molar-refractivity contribution >= 4 is 46.9 Å². The first-order chi connectivity index (χ1) is 16.4. The lowest BCUT2D eigenvalue weighted by molar-refractivity contribution is -0.127. The van der Waals surface area contributed by atoms with Crippen LogP contribution in [-0.2, 0) is 11.4 Å². The molecule has 0 heterocycles. The maximum Gasteiger partial charge on any atom is 0.280 e.